The largest absolute Gasteiger partial charge is 0.472 e. The van der Waals surface area contributed by atoms with Gasteiger partial charge in [-0.1, -0.05) is 6.92 Å². The van der Waals surface area contributed by atoms with Gasteiger partial charge < -0.3 is 14.6 Å². The number of hydrogen-bond donors (Lipinski definition) is 1. The van der Waals surface area contributed by atoms with Gasteiger partial charge in [0.15, 0.2) is 5.82 Å². The summed E-state index contributed by atoms with van der Waals surface area (Å²) in [6.07, 6.45) is 4.25. The molecule has 2 aromatic heterocycles. The van der Waals surface area contributed by atoms with Crippen LogP contribution < -0.4 is 10.2 Å². The molecule has 2 rings (SSSR count). The first kappa shape index (κ1) is 12.3. The van der Waals surface area contributed by atoms with Gasteiger partial charge >= 0.3 is 0 Å². The smallest absolute Gasteiger partial charge is 0.230 e. The van der Waals surface area contributed by atoms with Crippen LogP contribution in [0.5, 0.6) is 0 Å². The van der Waals surface area contributed by atoms with Crippen molar-refractivity contribution < 1.29 is 4.42 Å². The zero-order chi connectivity index (χ0) is 13.0. The molecule has 0 aliphatic heterocycles. The minimum Gasteiger partial charge on any atom is -0.472 e. The van der Waals surface area contributed by atoms with Crippen molar-refractivity contribution in [2.75, 3.05) is 30.9 Å². The molecule has 0 aromatic carbocycles. The summed E-state index contributed by atoms with van der Waals surface area (Å²) in [6.45, 7) is 2.93. The van der Waals surface area contributed by atoms with Gasteiger partial charge in [-0.15, -0.1) is 0 Å². The summed E-state index contributed by atoms with van der Waals surface area (Å²) in [6, 6.07) is 1.83. The zero-order valence-corrected chi connectivity index (χ0v) is 10.8. The molecule has 0 amide bonds. The van der Waals surface area contributed by atoms with Crippen molar-refractivity contribution in [3.05, 3.63) is 18.6 Å². The lowest BCUT2D eigenvalue weighted by Gasteiger charge is -2.12. The Morgan fingerprint density at radius 2 is 2.11 bits per heavy atom. The van der Waals surface area contributed by atoms with E-state index in [9.17, 15) is 0 Å². The summed E-state index contributed by atoms with van der Waals surface area (Å²) < 4.78 is 5.06. The third kappa shape index (κ3) is 2.77. The lowest BCUT2D eigenvalue weighted by atomic mass is 10.3. The molecule has 6 heteroatoms. The predicted molar refractivity (Wildman–Crippen MR) is 70.6 cm³/mol. The molecule has 0 atom stereocenters. The second-order valence-electron chi connectivity index (χ2n) is 4.12. The minimum absolute atomic E-state index is 0.590. The Bertz CT molecular complexity index is 495. The SMILES string of the molecule is CCCNc1nc(-c2ccoc2)nc(N(C)C)n1. The molecule has 18 heavy (non-hydrogen) atoms. The van der Waals surface area contributed by atoms with Crippen LogP contribution in [0, 0.1) is 0 Å². The molecule has 0 saturated heterocycles. The van der Waals surface area contributed by atoms with Crippen LogP contribution in [0.2, 0.25) is 0 Å². The van der Waals surface area contributed by atoms with Crippen molar-refractivity contribution in [3.8, 4) is 11.4 Å². The topological polar surface area (TPSA) is 67.1 Å². The van der Waals surface area contributed by atoms with E-state index in [1.165, 1.54) is 0 Å². The van der Waals surface area contributed by atoms with Crippen molar-refractivity contribution in [1.82, 2.24) is 15.0 Å². The average Bonchev–Trinajstić information content (AvgIpc) is 2.89. The fraction of sp³-hybridized carbons (Fsp3) is 0.417. The first-order chi connectivity index (χ1) is 8.70. The summed E-state index contributed by atoms with van der Waals surface area (Å²) in [5.74, 6) is 1.83. The molecule has 0 aliphatic rings. The first-order valence-corrected chi connectivity index (χ1v) is 5.90. The standard InChI is InChI=1S/C12H17N5O/c1-4-6-13-11-14-10(9-5-7-18-8-9)15-12(16-11)17(2)3/h5,7-8H,4,6H2,1-3H3,(H,13,14,15,16). The number of hydrogen-bond acceptors (Lipinski definition) is 6. The Morgan fingerprint density at radius 3 is 2.72 bits per heavy atom. The highest BCUT2D eigenvalue weighted by Crippen LogP contribution is 2.19. The number of rotatable bonds is 5. The molecule has 6 nitrogen and oxygen atoms in total. The second kappa shape index (κ2) is 5.48. The van der Waals surface area contributed by atoms with E-state index < -0.39 is 0 Å². The Kier molecular flexibility index (Phi) is 3.76. The van der Waals surface area contributed by atoms with Gasteiger partial charge in [0.2, 0.25) is 11.9 Å². The summed E-state index contributed by atoms with van der Waals surface area (Å²) >= 11 is 0. The van der Waals surface area contributed by atoms with Gasteiger partial charge in [0.1, 0.15) is 6.26 Å². The van der Waals surface area contributed by atoms with E-state index in [-0.39, 0.29) is 0 Å². The highest BCUT2D eigenvalue weighted by atomic mass is 16.3. The lowest BCUT2D eigenvalue weighted by Crippen LogP contribution is -2.16. The maximum atomic E-state index is 5.06. The van der Waals surface area contributed by atoms with E-state index in [4.69, 9.17) is 4.42 Å². The predicted octanol–water partition coefficient (Wildman–Crippen LogP) is 2.02. The van der Waals surface area contributed by atoms with Gasteiger partial charge in [0.25, 0.3) is 0 Å². The number of furan rings is 1. The van der Waals surface area contributed by atoms with Crippen molar-refractivity contribution in [3.63, 3.8) is 0 Å². The van der Waals surface area contributed by atoms with Crippen LogP contribution in [-0.2, 0) is 0 Å². The van der Waals surface area contributed by atoms with Crippen LogP contribution in [0.3, 0.4) is 0 Å². The molecule has 0 spiro atoms. The molecular weight excluding hydrogens is 230 g/mol. The van der Waals surface area contributed by atoms with Crippen LogP contribution in [0.15, 0.2) is 23.0 Å². The van der Waals surface area contributed by atoms with Crippen molar-refractivity contribution in [2.45, 2.75) is 13.3 Å². The molecular formula is C12H17N5O. The van der Waals surface area contributed by atoms with E-state index in [1.54, 1.807) is 12.5 Å². The normalized spacial score (nSPS) is 10.4. The molecule has 0 bridgehead atoms. The highest BCUT2D eigenvalue weighted by Gasteiger charge is 2.10. The molecule has 0 fully saturated rings. The first-order valence-electron chi connectivity index (χ1n) is 5.90. The van der Waals surface area contributed by atoms with Gasteiger partial charge in [-0.3, -0.25) is 0 Å². The molecule has 0 saturated carbocycles. The average molecular weight is 247 g/mol. The van der Waals surface area contributed by atoms with Crippen LogP contribution in [-0.4, -0.2) is 35.6 Å². The Balaban J connectivity index is 2.36. The Labute approximate surface area is 106 Å². The molecule has 2 heterocycles. The second-order valence-corrected chi connectivity index (χ2v) is 4.12. The molecule has 96 valence electrons. The summed E-state index contributed by atoms with van der Waals surface area (Å²) in [5, 5.41) is 3.17. The molecule has 1 N–H and O–H groups in total. The van der Waals surface area contributed by atoms with Crippen LogP contribution in [0.4, 0.5) is 11.9 Å². The third-order valence-corrected chi connectivity index (χ3v) is 2.34. The fourth-order valence-corrected chi connectivity index (χ4v) is 1.40. The number of anilines is 2. The maximum Gasteiger partial charge on any atom is 0.230 e. The molecule has 0 unspecified atom stereocenters. The van der Waals surface area contributed by atoms with E-state index in [0.29, 0.717) is 17.7 Å². The third-order valence-electron chi connectivity index (χ3n) is 2.34. The van der Waals surface area contributed by atoms with Gasteiger partial charge in [0, 0.05) is 20.6 Å². The quantitative estimate of drug-likeness (QED) is 0.871. The van der Waals surface area contributed by atoms with Crippen molar-refractivity contribution in [1.29, 1.82) is 0 Å². The van der Waals surface area contributed by atoms with E-state index in [1.807, 2.05) is 25.1 Å². The van der Waals surface area contributed by atoms with Crippen molar-refractivity contribution in [2.24, 2.45) is 0 Å². The van der Waals surface area contributed by atoms with Gasteiger partial charge in [-0.05, 0) is 12.5 Å². The zero-order valence-electron chi connectivity index (χ0n) is 10.8. The molecule has 2 aromatic rings. The van der Waals surface area contributed by atoms with Crippen LogP contribution in [0.1, 0.15) is 13.3 Å². The Hall–Kier alpha value is -2.11. The van der Waals surface area contributed by atoms with Gasteiger partial charge in [-0.2, -0.15) is 15.0 Å². The maximum absolute atomic E-state index is 5.06. The van der Waals surface area contributed by atoms with Crippen molar-refractivity contribution >= 4 is 11.9 Å². The van der Waals surface area contributed by atoms with Gasteiger partial charge in [0.05, 0.1) is 11.8 Å². The monoisotopic (exact) mass is 247 g/mol. The highest BCUT2D eigenvalue weighted by molar-refractivity contribution is 5.56. The fourth-order valence-electron chi connectivity index (χ4n) is 1.40. The number of nitrogens with one attached hydrogen (secondary N) is 1. The number of nitrogens with zero attached hydrogens (tertiary/aromatic N) is 4. The van der Waals surface area contributed by atoms with E-state index >= 15 is 0 Å². The Morgan fingerprint density at radius 1 is 1.28 bits per heavy atom. The summed E-state index contributed by atoms with van der Waals surface area (Å²) in [4.78, 5) is 15.0. The van der Waals surface area contributed by atoms with Crippen LogP contribution in [0.25, 0.3) is 11.4 Å². The molecule has 0 radical (unpaired) electrons. The minimum atomic E-state index is 0.590. The van der Waals surface area contributed by atoms with Crippen LogP contribution >= 0.6 is 0 Å². The summed E-state index contributed by atoms with van der Waals surface area (Å²) in [5.41, 5.74) is 0.847. The lowest BCUT2D eigenvalue weighted by molar-refractivity contribution is 0.568. The van der Waals surface area contributed by atoms with E-state index in [0.717, 1.165) is 18.5 Å². The van der Waals surface area contributed by atoms with E-state index in [2.05, 4.69) is 27.2 Å². The molecule has 0 aliphatic carbocycles. The van der Waals surface area contributed by atoms with Gasteiger partial charge in [-0.25, -0.2) is 0 Å². The summed E-state index contributed by atoms with van der Waals surface area (Å²) in [7, 11) is 3.80. The number of aromatic nitrogens is 3.